The average molecular weight is 403 g/mol. The molecule has 0 saturated heterocycles. The van der Waals surface area contributed by atoms with Gasteiger partial charge in [0.05, 0.1) is 0 Å². The van der Waals surface area contributed by atoms with Gasteiger partial charge in [0, 0.05) is 67.1 Å². The molecule has 0 aliphatic rings. The van der Waals surface area contributed by atoms with Crippen LogP contribution in [0.2, 0.25) is 0 Å². The van der Waals surface area contributed by atoms with Crippen LogP contribution < -0.4 is 0 Å². The second kappa shape index (κ2) is 22.9. The molecule has 0 aliphatic heterocycles. The molecule has 0 heterocycles. The third-order valence-electron chi connectivity index (χ3n) is 0. The summed E-state index contributed by atoms with van der Waals surface area (Å²) in [4.78, 5) is 0. The zero-order valence-corrected chi connectivity index (χ0v) is 7.77. The molecule has 0 aliphatic carbocycles. The van der Waals surface area contributed by atoms with Crippen LogP contribution in [0, 0.1) is 0 Å². The van der Waals surface area contributed by atoms with Crippen molar-refractivity contribution in [2.75, 3.05) is 0 Å². The quantitative estimate of drug-likeness (QED) is 0.380. The van der Waals surface area contributed by atoms with Crippen molar-refractivity contribution in [1.29, 1.82) is 0 Å². The molecule has 8 heteroatoms. The average Bonchev–Trinajstić information content (AvgIpc) is 0.811. The molecule has 0 aromatic rings. The molecule has 0 aromatic carbocycles. The van der Waals surface area contributed by atoms with E-state index in [4.69, 9.17) is 15.1 Å². The molecular formula is H5Ag3BO4. The number of rotatable bonds is 0. The smallest absolute Gasteiger partial charge is 0.412 e. The summed E-state index contributed by atoms with van der Waals surface area (Å²) in [5.41, 5.74) is 0. The van der Waals surface area contributed by atoms with E-state index in [2.05, 4.69) is 0 Å². The Balaban J connectivity index is -0.00000000750. The van der Waals surface area contributed by atoms with Crippen LogP contribution >= 0.6 is 0 Å². The van der Waals surface area contributed by atoms with E-state index in [1.807, 2.05) is 0 Å². The van der Waals surface area contributed by atoms with Gasteiger partial charge in [-0.15, -0.1) is 0 Å². The molecular weight excluding hydrogens is 398 g/mol. The van der Waals surface area contributed by atoms with Gasteiger partial charge in [-0.3, -0.25) is 0 Å². The fourth-order valence-corrected chi connectivity index (χ4v) is 0. The Morgan fingerprint density at radius 3 is 0.750 bits per heavy atom. The van der Waals surface area contributed by atoms with Crippen LogP contribution in [0.1, 0.15) is 0 Å². The van der Waals surface area contributed by atoms with E-state index in [9.17, 15) is 0 Å². The van der Waals surface area contributed by atoms with Gasteiger partial charge in [0.15, 0.2) is 0 Å². The van der Waals surface area contributed by atoms with Crippen molar-refractivity contribution in [3.05, 3.63) is 0 Å². The first-order valence-corrected chi connectivity index (χ1v) is 0.775. The minimum Gasteiger partial charge on any atom is -0.412 e. The summed E-state index contributed by atoms with van der Waals surface area (Å²) in [5, 5.41) is 21.5. The maximum Gasteiger partial charge on any atom is 0.631 e. The van der Waals surface area contributed by atoms with E-state index in [1.54, 1.807) is 0 Å². The monoisotopic (exact) mass is 401 g/mol. The third-order valence-corrected chi connectivity index (χ3v) is 0. The van der Waals surface area contributed by atoms with Crippen LogP contribution in [0.3, 0.4) is 0 Å². The molecule has 4 nitrogen and oxygen atoms in total. The van der Waals surface area contributed by atoms with E-state index in [-0.39, 0.29) is 72.6 Å². The van der Waals surface area contributed by atoms with Gasteiger partial charge in [0.2, 0.25) is 0 Å². The molecule has 0 rings (SSSR count). The second-order valence-electron chi connectivity index (χ2n) is 0.346. The molecule has 0 saturated carbocycles. The minimum absolute atomic E-state index is 0. The fourth-order valence-electron chi connectivity index (χ4n) is 0. The summed E-state index contributed by atoms with van der Waals surface area (Å²) in [5.74, 6) is 0. The molecule has 0 bridgehead atoms. The Morgan fingerprint density at radius 1 is 0.750 bits per heavy atom. The molecule has 5 N–H and O–H groups in total. The topological polar surface area (TPSA) is 92.2 Å². The molecule has 0 aromatic heterocycles. The van der Waals surface area contributed by atoms with Gasteiger partial charge in [0.25, 0.3) is 0 Å². The first-order chi connectivity index (χ1) is 1.73. The first kappa shape index (κ1) is 32.1. The standard InChI is InChI=1S/3Ag.BH3O3.H2O/c;;;2-1(3)4;/h;;;2-4H;1H2. The third kappa shape index (κ3) is 91.3. The van der Waals surface area contributed by atoms with E-state index in [0.717, 1.165) is 0 Å². The van der Waals surface area contributed by atoms with Crippen molar-refractivity contribution in [2.24, 2.45) is 0 Å². The van der Waals surface area contributed by atoms with Gasteiger partial charge >= 0.3 is 7.32 Å². The van der Waals surface area contributed by atoms with Crippen LogP contribution in [0.25, 0.3) is 0 Å². The Hall–Kier alpha value is 2.13. The maximum atomic E-state index is 7.17. The number of hydrogen-bond donors (Lipinski definition) is 3. The van der Waals surface area contributed by atoms with Crippen molar-refractivity contribution in [3.8, 4) is 0 Å². The zero-order valence-electron chi connectivity index (χ0n) is 3.32. The zero-order chi connectivity index (χ0) is 3.58. The van der Waals surface area contributed by atoms with E-state index < -0.39 is 7.32 Å². The van der Waals surface area contributed by atoms with Gasteiger partial charge < -0.3 is 20.5 Å². The van der Waals surface area contributed by atoms with Crippen molar-refractivity contribution in [3.63, 3.8) is 0 Å². The van der Waals surface area contributed by atoms with Gasteiger partial charge in [0.1, 0.15) is 0 Å². The minimum atomic E-state index is -2.17. The van der Waals surface area contributed by atoms with Crippen molar-refractivity contribution in [1.82, 2.24) is 0 Å². The predicted molar refractivity (Wildman–Crippen MR) is 16.0 cm³/mol. The van der Waals surface area contributed by atoms with Crippen LogP contribution in [0.4, 0.5) is 0 Å². The van der Waals surface area contributed by atoms with Gasteiger partial charge in [-0.25, -0.2) is 0 Å². The molecule has 0 atom stereocenters. The molecule has 8 heavy (non-hydrogen) atoms. The van der Waals surface area contributed by atoms with E-state index in [1.165, 1.54) is 0 Å². The molecule has 3 radical (unpaired) electrons. The number of hydrogen-bond acceptors (Lipinski definition) is 3. The van der Waals surface area contributed by atoms with Crippen molar-refractivity contribution in [2.45, 2.75) is 0 Å². The summed E-state index contributed by atoms with van der Waals surface area (Å²) in [6, 6.07) is 0. The Bertz CT molecular complexity index is 16.0. The SMILES string of the molecule is O.OB(O)O.[Ag].[Ag].[Ag]. The molecule has 65 valence electrons. The Morgan fingerprint density at radius 2 is 0.750 bits per heavy atom. The fraction of sp³-hybridized carbons (Fsp3) is 0. The summed E-state index contributed by atoms with van der Waals surface area (Å²) in [6.07, 6.45) is 0. The maximum absolute atomic E-state index is 7.17. The first-order valence-electron chi connectivity index (χ1n) is 0.775. The largest absolute Gasteiger partial charge is 0.631 e. The normalized spacial score (nSPS) is 3.38. The van der Waals surface area contributed by atoms with Crippen molar-refractivity contribution >= 4 is 7.32 Å². The summed E-state index contributed by atoms with van der Waals surface area (Å²) >= 11 is 0. The van der Waals surface area contributed by atoms with Crippen LogP contribution in [0.15, 0.2) is 0 Å². The van der Waals surface area contributed by atoms with E-state index in [0.29, 0.717) is 0 Å². The van der Waals surface area contributed by atoms with Crippen molar-refractivity contribution < 1.29 is 87.7 Å². The van der Waals surface area contributed by atoms with Gasteiger partial charge in [-0.05, 0) is 0 Å². The summed E-state index contributed by atoms with van der Waals surface area (Å²) in [6.45, 7) is 0. The van der Waals surface area contributed by atoms with E-state index >= 15 is 0 Å². The van der Waals surface area contributed by atoms with Gasteiger partial charge in [-0.1, -0.05) is 0 Å². The summed E-state index contributed by atoms with van der Waals surface area (Å²) in [7, 11) is -2.17. The summed E-state index contributed by atoms with van der Waals surface area (Å²) < 4.78 is 0. The predicted octanol–water partition coefficient (Wildman–Crippen LogP) is -2.88. The molecule has 0 amide bonds. The molecule has 0 unspecified atom stereocenters. The molecule has 0 spiro atoms. The molecule has 0 fully saturated rings. The second-order valence-corrected chi connectivity index (χ2v) is 0.346. The Labute approximate surface area is 94.1 Å². The van der Waals surface area contributed by atoms with Gasteiger partial charge in [-0.2, -0.15) is 0 Å². The van der Waals surface area contributed by atoms with Crippen LogP contribution in [0.5, 0.6) is 0 Å². The van der Waals surface area contributed by atoms with Crippen LogP contribution in [-0.2, 0) is 67.1 Å². The van der Waals surface area contributed by atoms with Crippen LogP contribution in [-0.4, -0.2) is 27.9 Å². The Kier molecular flexibility index (Phi) is 92.0.